The Morgan fingerprint density at radius 3 is 2.25 bits per heavy atom. The number of ether oxygens (including phenoxy) is 1. The van der Waals surface area contributed by atoms with Crippen LogP contribution in [0.5, 0.6) is 5.75 Å². The van der Waals surface area contributed by atoms with Crippen molar-refractivity contribution in [3.8, 4) is 5.75 Å². The monoisotopic (exact) mass is 449 g/mol. The number of carbonyl (C=O) groups is 1. The minimum atomic E-state index is -4.44. The fraction of sp³-hybridized carbons (Fsp3) is 0.478. The molecular weight excluding hydrogens is 423 g/mol. The Morgan fingerprint density at radius 2 is 1.62 bits per heavy atom. The van der Waals surface area contributed by atoms with Gasteiger partial charge in [-0.25, -0.2) is 0 Å². The maximum atomic E-state index is 13.3. The molecule has 0 radical (unpaired) electrons. The standard InChI is InChI=1S/C23H26F3N3O3/c1-16(23(24,25)26)32-18-7-5-17(6-8-18)29-15-11-22(21(29)31)9-13-28(14-10-22)19-4-3-12-27(2)20(19)30/h3-8,12,16H,9-11,13-15H2,1-2H3/t16-/m0/s1. The smallest absolute Gasteiger partial charge is 0.425 e. The van der Waals surface area contributed by atoms with Crippen LogP contribution in [0.25, 0.3) is 0 Å². The molecule has 1 amide bonds. The summed E-state index contributed by atoms with van der Waals surface area (Å²) in [7, 11) is 1.72. The number of nitrogens with zero attached hydrogens (tertiary/aromatic N) is 3. The summed E-state index contributed by atoms with van der Waals surface area (Å²) in [5.41, 5.74) is 0.787. The number of aryl methyl sites for hydroxylation is 1. The number of carbonyl (C=O) groups excluding carboxylic acids is 1. The van der Waals surface area contributed by atoms with E-state index in [0.29, 0.717) is 43.9 Å². The van der Waals surface area contributed by atoms with Crippen molar-refractivity contribution in [3.05, 3.63) is 52.9 Å². The van der Waals surface area contributed by atoms with E-state index in [1.54, 1.807) is 34.8 Å². The van der Waals surface area contributed by atoms with Gasteiger partial charge in [0.2, 0.25) is 5.91 Å². The van der Waals surface area contributed by atoms with Gasteiger partial charge in [-0.3, -0.25) is 9.59 Å². The molecule has 1 atom stereocenters. The summed E-state index contributed by atoms with van der Waals surface area (Å²) in [5.74, 6) is 0.146. The molecule has 0 N–H and O–H groups in total. The summed E-state index contributed by atoms with van der Waals surface area (Å²) in [5, 5.41) is 0. The fourth-order valence-electron chi connectivity index (χ4n) is 4.51. The molecule has 1 aromatic carbocycles. The molecule has 2 aromatic rings. The second kappa shape index (κ2) is 8.18. The lowest BCUT2D eigenvalue weighted by molar-refractivity contribution is -0.189. The van der Waals surface area contributed by atoms with E-state index in [9.17, 15) is 22.8 Å². The van der Waals surface area contributed by atoms with Gasteiger partial charge < -0.3 is 19.1 Å². The number of halogens is 3. The number of benzene rings is 1. The summed E-state index contributed by atoms with van der Waals surface area (Å²) in [6.07, 6.45) is -2.59. The molecule has 0 saturated carbocycles. The largest absolute Gasteiger partial charge is 0.481 e. The minimum absolute atomic E-state index is 0.0374. The molecule has 9 heteroatoms. The lowest BCUT2D eigenvalue weighted by atomic mass is 9.77. The maximum Gasteiger partial charge on any atom is 0.425 e. The maximum absolute atomic E-state index is 13.3. The first-order chi connectivity index (χ1) is 15.1. The normalized spacial score (nSPS) is 19.5. The van der Waals surface area contributed by atoms with Crippen LogP contribution >= 0.6 is 0 Å². The zero-order chi connectivity index (χ0) is 23.1. The SMILES string of the molecule is C[C@H](Oc1ccc(N2CCC3(CCN(c4cccn(C)c4=O)CC3)C2=O)cc1)C(F)(F)F. The predicted octanol–water partition coefficient (Wildman–Crippen LogP) is 3.74. The number of alkyl halides is 3. The summed E-state index contributed by atoms with van der Waals surface area (Å²) >= 11 is 0. The molecule has 2 aliphatic heterocycles. The zero-order valence-electron chi connectivity index (χ0n) is 18.1. The Kier molecular flexibility index (Phi) is 5.68. The summed E-state index contributed by atoms with van der Waals surface area (Å²) in [4.78, 5) is 29.4. The van der Waals surface area contributed by atoms with Crippen LogP contribution in [0.1, 0.15) is 26.2 Å². The van der Waals surface area contributed by atoms with Crippen molar-refractivity contribution in [2.75, 3.05) is 29.4 Å². The number of hydrogen-bond acceptors (Lipinski definition) is 4. The Labute approximate surface area is 184 Å². The zero-order valence-corrected chi connectivity index (χ0v) is 18.1. The van der Waals surface area contributed by atoms with Crippen LogP contribution in [0.2, 0.25) is 0 Å². The van der Waals surface area contributed by atoms with E-state index in [1.807, 2.05) is 17.0 Å². The number of aromatic nitrogens is 1. The van der Waals surface area contributed by atoms with Crippen molar-refractivity contribution in [1.29, 1.82) is 0 Å². The van der Waals surface area contributed by atoms with Gasteiger partial charge in [0.15, 0.2) is 6.10 Å². The number of anilines is 2. The quantitative estimate of drug-likeness (QED) is 0.714. The lowest BCUT2D eigenvalue weighted by Gasteiger charge is -2.38. The first-order valence-corrected chi connectivity index (χ1v) is 10.7. The van der Waals surface area contributed by atoms with E-state index in [0.717, 1.165) is 13.3 Å². The van der Waals surface area contributed by atoms with Gasteiger partial charge in [-0.2, -0.15) is 13.2 Å². The fourth-order valence-corrected chi connectivity index (χ4v) is 4.51. The minimum Gasteiger partial charge on any atom is -0.481 e. The van der Waals surface area contributed by atoms with Gasteiger partial charge in [-0.1, -0.05) is 0 Å². The van der Waals surface area contributed by atoms with Gasteiger partial charge >= 0.3 is 6.18 Å². The van der Waals surface area contributed by atoms with Crippen LogP contribution in [0, 0.1) is 5.41 Å². The summed E-state index contributed by atoms with van der Waals surface area (Å²) in [6, 6.07) is 9.82. The molecule has 0 bridgehead atoms. The highest BCUT2D eigenvalue weighted by Crippen LogP contribution is 2.43. The molecule has 3 heterocycles. The summed E-state index contributed by atoms with van der Waals surface area (Å²) < 4.78 is 44.6. The van der Waals surface area contributed by atoms with Gasteiger partial charge in [0.25, 0.3) is 5.56 Å². The van der Waals surface area contributed by atoms with Gasteiger partial charge in [0.1, 0.15) is 11.4 Å². The van der Waals surface area contributed by atoms with Gasteiger partial charge in [0, 0.05) is 38.6 Å². The van der Waals surface area contributed by atoms with E-state index < -0.39 is 17.7 Å². The Balaban J connectivity index is 1.42. The Morgan fingerprint density at radius 1 is 1.00 bits per heavy atom. The molecule has 2 fully saturated rings. The topological polar surface area (TPSA) is 54.8 Å². The molecule has 1 aromatic heterocycles. The van der Waals surface area contributed by atoms with Crippen molar-refractivity contribution in [3.63, 3.8) is 0 Å². The van der Waals surface area contributed by atoms with Crippen molar-refractivity contribution in [1.82, 2.24) is 4.57 Å². The molecule has 32 heavy (non-hydrogen) atoms. The van der Waals surface area contributed by atoms with Gasteiger partial charge in [-0.05, 0) is 62.6 Å². The number of pyridine rings is 1. The van der Waals surface area contributed by atoms with Crippen LogP contribution in [0.3, 0.4) is 0 Å². The van der Waals surface area contributed by atoms with E-state index in [-0.39, 0.29) is 17.2 Å². The third kappa shape index (κ3) is 4.08. The molecule has 172 valence electrons. The van der Waals surface area contributed by atoms with Crippen LogP contribution in [0.15, 0.2) is 47.4 Å². The van der Waals surface area contributed by atoms with E-state index in [1.165, 1.54) is 12.1 Å². The number of hydrogen-bond donors (Lipinski definition) is 0. The number of rotatable bonds is 4. The Bertz CT molecular complexity index is 1040. The van der Waals surface area contributed by atoms with Gasteiger partial charge in [0.05, 0.1) is 5.41 Å². The summed E-state index contributed by atoms with van der Waals surface area (Å²) in [6.45, 7) is 2.77. The third-order valence-corrected chi connectivity index (χ3v) is 6.60. The second-order valence-corrected chi connectivity index (χ2v) is 8.58. The van der Waals surface area contributed by atoms with Crippen molar-refractivity contribution in [2.24, 2.45) is 12.5 Å². The molecule has 0 aliphatic carbocycles. The van der Waals surface area contributed by atoms with Crippen LogP contribution in [-0.2, 0) is 11.8 Å². The molecule has 1 spiro atoms. The highest BCUT2D eigenvalue weighted by molar-refractivity contribution is 6.00. The third-order valence-electron chi connectivity index (χ3n) is 6.60. The second-order valence-electron chi connectivity index (χ2n) is 8.58. The molecule has 0 unspecified atom stereocenters. The Hall–Kier alpha value is -2.97. The lowest BCUT2D eigenvalue weighted by Crippen LogP contribution is -2.46. The number of piperidine rings is 1. The van der Waals surface area contributed by atoms with Crippen molar-refractivity contribution < 1.29 is 22.7 Å². The van der Waals surface area contributed by atoms with E-state index in [4.69, 9.17) is 4.74 Å². The van der Waals surface area contributed by atoms with Crippen molar-refractivity contribution in [2.45, 2.75) is 38.5 Å². The first kappa shape index (κ1) is 22.2. The van der Waals surface area contributed by atoms with E-state index in [2.05, 4.69) is 0 Å². The van der Waals surface area contributed by atoms with Crippen LogP contribution < -0.4 is 20.1 Å². The van der Waals surface area contributed by atoms with Crippen molar-refractivity contribution >= 4 is 17.3 Å². The molecule has 2 aliphatic rings. The average molecular weight is 449 g/mol. The van der Waals surface area contributed by atoms with E-state index >= 15 is 0 Å². The molecule has 6 nitrogen and oxygen atoms in total. The first-order valence-electron chi connectivity index (χ1n) is 10.7. The molecule has 4 rings (SSSR count). The van der Waals surface area contributed by atoms with Gasteiger partial charge in [-0.15, -0.1) is 0 Å². The highest BCUT2D eigenvalue weighted by Gasteiger charge is 2.48. The average Bonchev–Trinajstić information content (AvgIpc) is 3.07. The predicted molar refractivity (Wildman–Crippen MR) is 115 cm³/mol. The molecular formula is C23H26F3N3O3. The number of amides is 1. The highest BCUT2D eigenvalue weighted by atomic mass is 19.4. The van der Waals surface area contributed by atoms with Crippen LogP contribution in [0.4, 0.5) is 24.5 Å². The molecule has 2 saturated heterocycles. The van der Waals surface area contributed by atoms with Crippen LogP contribution in [-0.4, -0.2) is 42.4 Å².